The zero-order chi connectivity index (χ0) is 22.5. The van der Waals surface area contributed by atoms with Gasteiger partial charge in [-0.05, 0) is 49.3 Å². The smallest absolute Gasteiger partial charge is 0.261 e. The number of amides is 2. The predicted octanol–water partition coefficient (Wildman–Crippen LogP) is 4.91. The van der Waals surface area contributed by atoms with Crippen molar-refractivity contribution >= 4 is 34.8 Å². The van der Waals surface area contributed by atoms with Gasteiger partial charge in [0.1, 0.15) is 5.75 Å². The molecule has 7 heteroatoms. The van der Waals surface area contributed by atoms with Gasteiger partial charge in [-0.1, -0.05) is 57.4 Å². The maximum atomic E-state index is 12.8. The second-order valence-electron chi connectivity index (χ2n) is 7.12. The van der Waals surface area contributed by atoms with Crippen molar-refractivity contribution in [2.45, 2.75) is 46.0 Å². The molecule has 2 aromatic carbocycles. The molecule has 0 saturated heterocycles. The van der Waals surface area contributed by atoms with Crippen LogP contribution in [0.15, 0.2) is 48.5 Å². The van der Waals surface area contributed by atoms with E-state index in [0.29, 0.717) is 35.7 Å². The van der Waals surface area contributed by atoms with Gasteiger partial charge in [0, 0.05) is 6.54 Å². The summed E-state index contributed by atoms with van der Waals surface area (Å²) in [5.41, 5.74) is 1.40. The van der Waals surface area contributed by atoms with Gasteiger partial charge in [-0.15, -0.1) is 0 Å². The number of nitrogens with one attached hydrogen (secondary N) is 3. The highest BCUT2D eigenvalue weighted by molar-refractivity contribution is 7.80. The number of anilines is 1. The van der Waals surface area contributed by atoms with E-state index < -0.39 is 0 Å². The summed E-state index contributed by atoms with van der Waals surface area (Å²) in [5, 5.41) is 8.58. The molecule has 0 aliphatic carbocycles. The number of benzene rings is 2. The Morgan fingerprint density at radius 3 is 2.32 bits per heavy atom. The second kappa shape index (κ2) is 13.4. The summed E-state index contributed by atoms with van der Waals surface area (Å²) in [4.78, 5) is 25.1. The monoisotopic (exact) mass is 441 g/mol. The summed E-state index contributed by atoms with van der Waals surface area (Å²) < 4.78 is 5.82. The van der Waals surface area contributed by atoms with Crippen LogP contribution in [0.5, 0.6) is 5.75 Å². The Balaban J connectivity index is 1.99. The van der Waals surface area contributed by atoms with E-state index in [9.17, 15) is 9.59 Å². The molecule has 0 aliphatic rings. The molecule has 0 atom stereocenters. The molecular formula is C24H31N3O3S. The highest BCUT2D eigenvalue weighted by Gasteiger charge is 2.15. The van der Waals surface area contributed by atoms with Gasteiger partial charge in [-0.3, -0.25) is 14.9 Å². The highest BCUT2D eigenvalue weighted by atomic mass is 32.1. The number of rotatable bonds is 11. The number of hydrogen-bond donors (Lipinski definition) is 3. The van der Waals surface area contributed by atoms with E-state index in [4.69, 9.17) is 17.0 Å². The number of unbranched alkanes of at least 4 members (excludes halogenated alkanes) is 3. The van der Waals surface area contributed by atoms with Gasteiger partial charge in [0.15, 0.2) is 5.11 Å². The minimum absolute atomic E-state index is 0.110. The van der Waals surface area contributed by atoms with Crippen LogP contribution in [0, 0.1) is 0 Å². The fourth-order valence-electron chi connectivity index (χ4n) is 2.94. The highest BCUT2D eigenvalue weighted by Crippen LogP contribution is 2.19. The molecule has 0 heterocycles. The standard InChI is InChI=1S/C24H31N3O3S/c1-3-5-6-11-17-30-21-15-10-8-13-19(21)23(29)27-24(31)26-20-14-9-7-12-18(20)22(28)25-16-4-2/h7-10,12-15H,3-6,11,16-17H2,1-2H3,(H,25,28)(H2,26,27,29,31). The topological polar surface area (TPSA) is 79.5 Å². The first-order valence-electron chi connectivity index (χ1n) is 10.8. The van der Waals surface area contributed by atoms with Crippen LogP contribution >= 0.6 is 12.2 Å². The van der Waals surface area contributed by atoms with E-state index in [1.165, 1.54) is 6.42 Å². The van der Waals surface area contributed by atoms with Crippen molar-refractivity contribution < 1.29 is 14.3 Å². The Labute approximate surface area is 189 Å². The van der Waals surface area contributed by atoms with E-state index in [-0.39, 0.29) is 16.9 Å². The summed E-state index contributed by atoms with van der Waals surface area (Å²) >= 11 is 5.31. The molecule has 0 aliphatic heterocycles. The lowest BCUT2D eigenvalue weighted by Crippen LogP contribution is -2.35. The van der Waals surface area contributed by atoms with Crippen molar-refractivity contribution in [3.05, 3.63) is 59.7 Å². The molecule has 0 saturated carbocycles. The molecule has 0 fully saturated rings. The van der Waals surface area contributed by atoms with E-state index in [0.717, 1.165) is 25.7 Å². The summed E-state index contributed by atoms with van der Waals surface area (Å²) in [6, 6.07) is 14.1. The maximum absolute atomic E-state index is 12.8. The van der Waals surface area contributed by atoms with Crippen molar-refractivity contribution in [3.63, 3.8) is 0 Å². The van der Waals surface area contributed by atoms with Crippen molar-refractivity contribution in [2.24, 2.45) is 0 Å². The minimum atomic E-state index is -0.366. The molecule has 166 valence electrons. The summed E-state index contributed by atoms with van der Waals surface area (Å²) in [5.74, 6) is -0.0332. The Bertz CT molecular complexity index is 886. The van der Waals surface area contributed by atoms with Gasteiger partial charge in [-0.25, -0.2) is 0 Å². The molecular weight excluding hydrogens is 410 g/mol. The number of thiocarbonyl (C=S) groups is 1. The van der Waals surface area contributed by atoms with Gasteiger partial charge in [-0.2, -0.15) is 0 Å². The molecule has 0 bridgehead atoms. The first-order chi connectivity index (χ1) is 15.1. The zero-order valence-corrected chi connectivity index (χ0v) is 19.0. The average molecular weight is 442 g/mol. The predicted molar refractivity (Wildman–Crippen MR) is 129 cm³/mol. The molecule has 3 N–H and O–H groups in total. The van der Waals surface area contributed by atoms with E-state index in [1.54, 1.807) is 42.5 Å². The van der Waals surface area contributed by atoms with E-state index in [2.05, 4.69) is 22.9 Å². The third kappa shape index (κ3) is 8.02. The number of ether oxygens (including phenoxy) is 1. The van der Waals surface area contributed by atoms with E-state index >= 15 is 0 Å². The summed E-state index contributed by atoms with van der Waals surface area (Å²) in [6.45, 7) is 5.30. The quantitative estimate of drug-likeness (QED) is 0.341. The molecule has 0 unspecified atom stereocenters. The Hall–Kier alpha value is -2.93. The molecule has 2 rings (SSSR count). The van der Waals surface area contributed by atoms with Crippen LogP contribution in [0.4, 0.5) is 5.69 Å². The Morgan fingerprint density at radius 2 is 1.58 bits per heavy atom. The lowest BCUT2D eigenvalue weighted by molar-refractivity contribution is 0.0952. The van der Waals surface area contributed by atoms with Gasteiger partial charge in [0.2, 0.25) is 0 Å². The lowest BCUT2D eigenvalue weighted by Gasteiger charge is -2.15. The molecule has 6 nitrogen and oxygen atoms in total. The largest absolute Gasteiger partial charge is 0.493 e. The van der Waals surface area contributed by atoms with Crippen molar-refractivity contribution in [1.29, 1.82) is 0 Å². The number of hydrogen-bond acceptors (Lipinski definition) is 4. The van der Waals surface area contributed by atoms with Crippen LogP contribution in [0.2, 0.25) is 0 Å². The van der Waals surface area contributed by atoms with Crippen molar-refractivity contribution in [2.75, 3.05) is 18.5 Å². The van der Waals surface area contributed by atoms with Crippen molar-refractivity contribution in [3.8, 4) is 5.75 Å². The van der Waals surface area contributed by atoms with Gasteiger partial charge < -0.3 is 15.4 Å². The maximum Gasteiger partial charge on any atom is 0.261 e. The van der Waals surface area contributed by atoms with Crippen LogP contribution < -0.4 is 20.7 Å². The van der Waals surface area contributed by atoms with Gasteiger partial charge in [0.25, 0.3) is 11.8 Å². The minimum Gasteiger partial charge on any atom is -0.493 e. The molecule has 0 radical (unpaired) electrons. The van der Waals surface area contributed by atoms with Gasteiger partial charge >= 0.3 is 0 Å². The summed E-state index contributed by atoms with van der Waals surface area (Å²) in [7, 11) is 0. The summed E-state index contributed by atoms with van der Waals surface area (Å²) in [6.07, 6.45) is 5.22. The number of carbonyl (C=O) groups is 2. The third-order valence-corrected chi connectivity index (χ3v) is 4.77. The Morgan fingerprint density at radius 1 is 0.871 bits per heavy atom. The van der Waals surface area contributed by atoms with Crippen LogP contribution in [0.25, 0.3) is 0 Å². The third-order valence-electron chi connectivity index (χ3n) is 4.57. The second-order valence-corrected chi connectivity index (χ2v) is 7.52. The fraction of sp³-hybridized carbons (Fsp3) is 0.375. The van der Waals surface area contributed by atoms with Crippen LogP contribution in [0.3, 0.4) is 0 Å². The zero-order valence-electron chi connectivity index (χ0n) is 18.2. The first-order valence-corrected chi connectivity index (χ1v) is 11.2. The first kappa shape index (κ1) is 24.3. The molecule has 31 heavy (non-hydrogen) atoms. The number of carbonyl (C=O) groups excluding carboxylic acids is 2. The lowest BCUT2D eigenvalue weighted by atomic mass is 10.1. The SMILES string of the molecule is CCCCCCOc1ccccc1C(=O)NC(=S)Nc1ccccc1C(=O)NCCC. The fourth-order valence-corrected chi connectivity index (χ4v) is 3.14. The normalized spacial score (nSPS) is 10.3. The molecule has 2 amide bonds. The van der Waals surface area contributed by atoms with Crippen molar-refractivity contribution in [1.82, 2.24) is 10.6 Å². The van der Waals surface area contributed by atoms with Crippen LogP contribution in [-0.2, 0) is 0 Å². The van der Waals surface area contributed by atoms with Crippen LogP contribution in [-0.4, -0.2) is 30.1 Å². The Kier molecular flexibility index (Phi) is 10.5. The molecule has 2 aromatic rings. The van der Waals surface area contributed by atoms with Gasteiger partial charge in [0.05, 0.1) is 23.4 Å². The number of para-hydroxylation sites is 2. The molecule has 0 aromatic heterocycles. The van der Waals surface area contributed by atoms with Crippen LogP contribution in [0.1, 0.15) is 66.7 Å². The molecule has 0 spiro atoms. The van der Waals surface area contributed by atoms with E-state index in [1.807, 2.05) is 13.0 Å². The average Bonchev–Trinajstić information content (AvgIpc) is 2.77.